The van der Waals surface area contributed by atoms with Crippen LogP contribution in [0.3, 0.4) is 0 Å². The highest BCUT2D eigenvalue weighted by molar-refractivity contribution is 7.80. The second-order valence-electron chi connectivity index (χ2n) is 5.96. The molecule has 2 aromatic rings. The van der Waals surface area contributed by atoms with Crippen molar-refractivity contribution in [1.82, 2.24) is 10.2 Å². The number of halogens is 2. The zero-order valence-electron chi connectivity index (χ0n) is 15.0. The Hall–Kier alpha value is -2.06. The first-order valence-electron chi connectivity index (χ1n) is 8.48. The van der Waals surface area contributed by atoms with E-state index >= 15 is 0 Å². The third kappa shape index (κ3) is 5.05. The molecule has 1 aromatic carbocycles. The molecule has 1 amide bonds. The Kier molecular flexibility index (Phi) is 6.96. The van der Waals surface area contributed by atoms with E-state index in [0.717, 1.165) is 0 Å². The number of rotatable bonds is 8. The van der Waals surface area contributed by atoms with Gasteiger partial charge in [0.15, 0.2) is 5.11 Å². The van der Waals surface area contributed by atoms with Crippen molar-refractivity contribution in [3.05, 3.63) is 57.6 Å². The minimum Gasteiger partial charge on any atom is -0.486 e. The fourth-order valence-electron chi connectivity index (χ4n) is 2.55. The largest absolute Gasteiger partial charge is 0.486 e. The maximum absolute atomic E-state index is 12.5. The summed E-state index contributed by atoms with van der Waals surface area (Å²) in [5.74, 6) is 1.51. The van der Waals surface area contributed by atoms with Crippen molar-refractivity contribution >= 4 is 52.5 Å². The molecule has 0 unspecified atom stereocenters. The number of hydrogen-bond donors (Lipinski definition) is 1. The van der Waals surface area contributed by atoms with Gasteiger partial charge in [-0.05, 0) is 42.9 Å². The monoisotopic (exact) mass is 440 g/mol. The van der Waals surface area contributed by atoms with E-state index in [1.165, 1.54) is 4.90 Å². The summed E-state index contributed by atoms with van der Waals surface area (Å²) >= 11 is 17.1. The lowest BCUT2D eigenvalue weighted by molar-refractivity contribution is -0.122. The maximum Gasteiger partial charge on any atom is 0.276 e. The number of carbonyl (C=O) groups is 1. The van der Waals surface area contributed by atoms with Crippen LogP contribution in [0.5, 0.6) is 5.75 Å². The summed E-state index contributed by atoms with van der Waals surface area (Å²) in [6.45, 7) is 1.27. The van der Waals surface area contributed by atoms with Crippen LogP contribution in [0, 0.1) is 0 Å². The van der Waals surface area contributed by atoms with Gasteiger partial charge in [0.05, 0.1) is 10.0 Å². The molecule has 28 heavy (non-hydrogen) atoms. The smallest absolute Gasteiger partial charge is 0.276 e. The first-order valence-corrected chi connectivity index (χ1v) is 9.64. The lowest BCUT2D eigenvalue weighted by atomic mass is 10.3. The third-order valence-corrected chi connectivity index (χ3v) is 5.00. The number of ether oxygens (including phenoxy) is 2. The summed E-state index contributed by atoms with van der Waals surface area (Å²) in [5.41, 5.74) is 0.369. The Bertz CT molecular complexity index is 913. The van der Waals surface area contributed by atoms with E-state index in [9.17, 15) is 4.79 Å². The Morgan fingerprint density at radius 3 is 2.82 bits per heavy atom. The molecule has 148 valence electrons. The molecule has 1 saturated heterocycles. The molecule has 1 fully saturated rings. The van der Waals surface area contributed by atoms with Crippen molar-refractivity contribution in [2.24, 2.45) is 0 Å². The molecule has 1 aliphatic rings. The van der Waals surface area contributed by atoms with Gasteiger partial charge in [0.2, 0.25) is 0 Å². The number of nitrogens with zero attached hydrogens (tertiary/aromatic N) is 1. The summed E-state index contributed by atoms with van der Waals surface area (Å²) in [6, 6.07) is 8.55. The summed E-state index contributed by atoms with van der Waals surface area (Å²) in [4.78, 5) is 14.0. The van der Waals surface area contributed by atoms with Crippen LogP contribution < -0.4 is 10.1 Å². The quantitative estimate of drug-likeness (QED) is 0.375. The number of nitrogens with one attached hydrogen (secondary N) is 1. The molecule has 1 aliphatic heterocycles. The molecule has 0 radical (unpaired) electrons. The Morgan fingerprint density at radius 1 is 1.25 bits per heavy atom. The molecule has 0 spiro atoms. The third-order valence-electron chi connectivity index (χ3n) is 3.93. The van der Waals surface area contributed by atoms with E-state index in [4.69, 9.17) is 49.3 Å². The van der Waals surface area contributed by atoms with Crippen molar-refractivity contribution in [2.75, 3.05) is 20.3 Å². The van der Waals surface area contributed by atoms with E-state index < -0.39 is 0 Å². The molecule has 1 N–H and O–H groups in total. The van der Waals surface area contributed by atoms with Gasteiger partial charge in [-0.15, -0.1) is 0 Å². The minimum absolute atomic E-state index is 0.189. The summed E-state index contributed by atoms with van der Waals surface area (Å²) in [5, 5.41) is 4.17. The standard InChI is InChI=1S/C19H18Cl2N2O4S/c1-25-8-2-7-23-18(24)17(22-19(23)28)10-13-3-4-14(27-13)11-26-12-5-6-15(20)16(21)9-12/h3-6,9-10H,2,7-8,11H2,1H3,(H,22,28)/b17-10+. The molecule has 0 aliphatic carbocycles. The molecule has 9 heteroatoms. The molecule has 1 aromatic heterocycles. The maximum atomic E-state index is 12.5. The first-order chi connectivity index (χ1) is 13.5. The van der Waals surface area contributed by atoms with Crippen LogP contribution in [0.15, 0.2) is 40.4 Å². The van der Waals surface area contributed by atoms with Gasteiger partial charge in [-0.2, -0.15) is 0 Å². The molecule has 6 nitrogen and oxygen atoms in total. The molecule has 3 rings (SSSR count). The molecule has 0 atom stereocenters. The molecule has 0 saturated carbocycles. The number of thiocarbonyl (C=S) groups is 1. The second kappa shape index (κ2) is 9.43. The fraction of sp³-hybridized carbons (Fsp3) is 0.263. The molecular weight excluding hydrogens is 423 g/mol. The van der Waals surface area contributed by atoms with Crippen LogP contribution in [0.1, 0.15) is 17.9 Å². The molecule has 2 heterocycles. The minimum atomic E-state index is -0.189. The van der Waals surface area contributed by atoms with Crippen LogP contribution in [0.2, 0.25) is 10.0 Å². The highest BCUT2D eigenvalue weighted by Gasteiger charge is 2.30. The van der Waals surface area contributed by atoms with Crippen LogP contribution in [-0.4, -0.2) is 36.2 Å². The Balaban J connectivity index is 1.61. The zero-order valence-corrected chi connectivity index (χ0v) is 17.4. The lowest BCUT2D eigenvalue weighted by Crippen LogP contribution is -2.32. The number of methoxy groups -OCH3 is 1. The number of hydrogen-bond acceptors (Lipinski definition) is 5. The first kappa shape index (κ1) is 20.7. The molecule has 0 bridgehead atoms. The van der Waals surface area contributed by atoms with Crippen molar-refractivity contribution in [3.63, 3.8) is 0 Å². The van der Waals surface area contributed by atoms with Crippen molar-refractivity contribution in [3.8, 4) is 5.75 Å². The van der Waals surface area contributed by atoms with Crippen LogP contribution in [0.4, 0.5) is 0 Å². The predicted molar refractivity (Wildman–Crippen MR) is 111 cm³/mol. The number of amides is 1. The van der Waals surface area contributed by atoms with Gasteiger partial charge in [0.1, 0.15) is 29.6 Å². The Labute approximate surface area is 178 Å². The van der Waals surface area contributed by atoms with Gasteiger partial charge in [0.25, 0.3) is 5.91 Å². The van der Waals surface area contributed by atoms with Gasteiger partial charge in [-0.25, -0.2) is 0 Å². The van der Waals surface area contributed by atoms with Gasteiger partial charge < -0.3 is 19.2 Å². The van der Waals surface area contributed by atoms with Crippen LogP contribution >= 0.6 is 35.4 Å². The van der Waals surface area contributed by atoms with Crippen molar-refractivity contribution in [2.45, 2.75) is 13.0 Å². The van der Waals surface area contributed by atoms with E-state index in [1.54, 1.807) is 43.5 Å². The topological polar surface area (TPSA) is 63.9 Å². The lowest BCUT2D eigenvalue weighted by Gasteiger charge is -2.12. The van der Waals surface area contributed by atoms with Gasteiger partial charge >= 0.3 is 0 Å². The van der Waals surface area contributed by atoms with Crippen molar-refractivity contribution < 1.29 is 18.7 Å². The number of carbonyl (C=O) groups excluding carboxylic acids is 1. The highest BCUT2D eigenvalue weighted by Crippen LogP contribution is 2.27. The second-order valence-corrected chi connectivity index (χ2v) is 7.16. The van der Waals surface area contributed by atoms with Crippen LogP contribution in [-0.2, 0) is 16.1 Å². The van der Waals surface area contributed by atoms with Crippen molar-refractivity contribution in [1.29, 1.82) is 0 Å². The van der Waals surface area contributed by atoms with Crippen LogP contribution in [0.25, 0.3) is 6.08 Å². The SMILES string of the molecule is COCCCN1C(=O)/C(=C\c2ccc(COc3ccc(Cl)c(Cl)c3)o2)NC1=S. The van der Waals surface area contributed by atoms with Gasteiger partial charge in [-0.1, -0.05) is 23.2 Å². The predicted octanol–water partition coefficient (Wildman–Crippen LogP) is 4.26. The highest BCUT2D eigenvalue weighted by atomic mass is 35.5. The summed E-state index contributed by atoms with van der Waals surface area (Å²) < 4.78 is 16.4. The van der Waals surface area contributed by atoms with E-state index in [1.807, 2.05) is 0 Å². The Morgan fingerprint density at radius 2 is 2.07 bits per heavy atom. The average Bonchev–Trinajstić information content (AvgIpc) is 3.22. The average molecular weight is 441 g/mol. The number of furan rings is 1. The summed E-state index contributed by atoms with van der Waals surface area (Å²) in [7, 11) is 1.62. The van der Waals surface area contributed by atoms with Gasteiger partial charge in [0, 0.05) is 32.4 Å². The van der Waals surface area contributed by atoms with Gasteiger partial charge in [-0.3, -0.25) is 9.69 Å². The normalized spacial score (nSPS) is 15.4. The van der Waals surface area contributed by atoms with E-state index in [0.29, 0.717) is 57.7 Å². The number of benzene rings is 1. The fourth-order valence-corrected chi connectivity index (χ4v) is 3.13. The summed E-state index contributed by atoms with van der Waals surface area (Å²) in [6.07, 6.45) is 2.32. The van der Waals surface area contributed by atoms with E-state index in [2.05, 4.69) is 5.32 Å². The van der Waals surface area contributed by atoms with E-state index in [-0.39, 0.29) is 12.5 Å². The molecular formula is C19H18Cl2N2O4S. The zero-order chi connectivity index (χ0) is 20.1.